The fraction of sp³-hybridized carbons (Fsp3) is 0.452. The summed E-state index contributed by atoms with van der Waals surface area (Å²) in [5, 5.41) is 0. The summed E-state index contributed by atoms with van der Waals surface area (Å²) in [6.07, 6.45) is 10.8. The summed E-state index contributed by atoms with van der Waals surface area (Å²) < 4.78 is 2.56. The lowest BCUT2D eigenvalue weighted by atomic mass is 9.65. The van der Waals surface area contributed by atoms with Crippen LogP contribution in [-0.2, 0) is 11.8 Å². The third-order valence-corrected chi connectivity index (χ3v) is 8.03. The van der Waals surface area contributed by atoms with E-state index in [4.69, 9.17) is 0 Å². The molecule has 2 aromatic carbocycles. The van der Waals surface area contributed by atoms with E-state index in [1.165, 1.54) is 72.0 Å². The zero-order valence-electron chi connectivity index (χ0n) is 20.7. The Labute approximate surface area is 195 Å². The maximum Gasteiger partial charge on any atom is 0.213 e. The Morgan fingerprint density at radius 1 is 0.844 bits per heavy atom. The number of aryl methyl sites for hydroxylation is 2. The van der Waals surface area contributed by atoms with Gasteiger partial charge in [0.15, 0.2) is 12.2 Å². The molecule has 0 radical (unpaired) electrons. The average molecular weight is 427 g/mol. The van der Waals surface area contributed by atoms with Crippen molar-refractivity contribution in [2.75, 3.05) is 0 Å². The van der Waals surface area contributed by atoms with Crippen molar-refractivity contribution in [1.82, 2.24) is 0 Å². The van der Waals surface area contributed by atoms with Crippen LogP contribution in [0.1, 0.15) is 89.0 Å². The minimum Gasteiger partial charge on any atom is -0.195 e. The largest absolute Gasteiger partial charge is 0.213 e. The van der Waals surface area contributed by atoms with Gasteiger partial charge in [0, 0.05) is 18.6 Å². The molecule has 1 atom stereocenters. The van der Waals surface area contributed by atoms with Crippen molar-refractivity contribution in [1.29, 1.82) is 0 Å². The molecule has 0 fully saturated rings. The zero-order chi connectivity index (χ0) is 22.7. The molecule has 0 saturated carbocycles. The summed E-state index contributed by atoms with van der Waals surface area (Å²) in [6, 6.07) is 21.6. The lowest BCUT2D eigenvalue weighted by Crippen LogP contribution is -2.55. The van der Waals surface area contributed by atoms with Crippen LogP contribution in [0.3, 0.4) is 0 Å². The molecule has 0 bridgehead atoms. The molecule has 1 unspecified atom stereocenters. The molecule has 4 rings (SSSR count). The minimum atomic E-state index is 0.193. The van der Waals surface area contributed by atoms with E-state index < -0.39 is 0 Å². The van der Waals surface area contributed by atoms with Gasteiger partial charge in [0.05, 0.1) is 11.0 Å². The van der Waals surface area contributed by atoms with Crippen LogP contribution in [0.5, 0.6) is 0 Å². The summed E-state index contributed by atoms with van der Waals surface area (Å²) in [5.41, 5.74) is 10.1. The highest BCUT2D eigenvalue weighted by Crippen LogP contribution is 2.49. The normalized spacial score (nSPS) is 16.5. The molecule has 0 aliphatic carbocycles. The van der Waals surface area contributed by atoms with Crippen molar-refractivity contribution < 1.29 is 4.57 Å². The first kappa shape index (κ1) is 22.8. The molecule has 0 spiro atoms. The van der Waals surface area contributed by atoms with E-state index in [2.05, 4.69) is 100.0 Å². The number of hydrogen-bond donors (Lipinski definition) is 0. The SMILES string of the molecule is CCCCCc1ccc(C)c(-c2ccc3c(c2)-c2cccc[n+]2C(CC)C3(CC)CC)c1. The first-order valence-corrected chi connectivity index (χ1v) is 12.8. The van der Waals surface area contributed by atoms with Crippen molar-refractivity contribution >= 4 is 0 Å². The monoisotopic (exact) mass is 426 g/mol. The van der Waals surface area contributed by atoms with E-state index in [0.29, 0.717) is 6.04 Å². The maximum absolute atomic E-state index is 2.56. The van der Waals surface area contributed by atoms with Gasteiger partial charge >= 0.3 is 0 Å². The van der Waals surface area contributed by atoms with Gasteiger partial charge in [-0.05, 0) is 72.6 Å². The molecule has 1 heteroatoms. The summed E-state index contributed by atoms with van der Waals surface area (Å²) in [4.78, 5) is 0. The van der Waals surface area contributed by atoms with E-state index in [0.717, 1.165) is 6.42 Å². The van der Waals surface area contributed by atoms with Crippen LogP contribution < -0.4 is 4.57 Å². The first-order chi connectivity index (χ1) is 15.6. The number of rotatable bonds is 8. The Kier molecular flexibility index (Phi) is 6.84. The summed E-state index contributed by atoms with van der Waals surface area (Å²) in [7, 11) is 0. The second-order valence-electron chi connectivity index (χ2n) is 9.65. The van der Waals surface area contributed by atoms with Gasteiger partial charge in [-0.2, -0.15) is 4.57 Å². The Morgan fingerprint density at radius 2 is 1.66 bits per heavy atom. The molecule has 0 saturated heterocycles. The van der Waals surface area contributed by atoms with E-state index in [-0.39, 0.29) is 5.41 Å². The standard InChI is InChI=1S/C31H40N/c1-6-10-11-14-24-17-16-23(5)26(21-24)25-18-19-28-27(22-25)29-15-12-13-20-32(29)30(7-2)31(28,8-3)9-4/h12-13,15-22,30H,6-11,14H2,1-5H3/q+1. The zero-order valence-corrected chi connectivity index (χ0v) is 20.7. The van der Waals surface area contributed by atoms with E-state index in [9.17, 15) is 0 Å². The third-order valence-electron chi connectivity index (χ3n) is 8.03. The second-order valence-corrected chi connectivity index (χ2v) is 9.65. The van der Waals surface area contributed by atoms with Crippen LogP contribution in [0.4, 0.5) is 0 Å². The molecular formula is C31H40N+. The molecule has 0 N–H and O–H groups in total. The summed E-state index contributed by atoms with van der Waals surface area (Å²) >= 11 is 0. The Hall–Kier alpha value is -2.41. The van der Waals surface area contributed by atoms with Gasteiger partial charge in [0.2, 0.25) is 5.69 Å². The number of nitrogens with zero attached hydrogens (tertiary/aromatic N) is 1. The van der Waals surface area contributed by atoms with Crippen LogP contribution in [0, 0.1) is 6.92 Å². The average Bonchev–Trinajstić information content (AvgIpc) is 2.84. The first-order valence-electron chi connectivity index (χ1n) is 12.8. The van der Waals surface area contributed by atoms with E-state index in [1.54, 1.807) is 5.56 Å². The highest BCUT2D eigenvalue weighted by molar-refractivity contribution is 5.76. The van der Waals surface area contributed by atoms with E-state index in [1.807, 2.05) is 0 Å². The lowest BCUT2D eigenvalue weighted by Gasteiger charge is -2.41. The second kappa shape index (κ2) is 9.61. The molecule has 168 valence electrons. The predicted octanol–water partition coefficient (Wildman–Crippen LogP) is 8.37. The quantitative estimate of drug-likeness (QED) is 0.251. The number of aromatic nitrogens is 1. The van der Waals surface area contributed by atoms with Crippen molar-refractivity contribution in [2.24, 2.45) is 0 Å². The highest BCUT2D eigenvalue weighted by atomic mass is 15.0. The maximum atomic E-state index is 2.56. The molecule has 3 aromatic rings. The molecule has 1 aliphatic heterocycles. The van der Waals surface area contributed by atoms with Crippen molar-refractivity contribution in [3.63, 3.8) is 0 Å². The predicted molar refractivity (Wildman–Crippen MR) is 137 cm³/mol. The number of benzene rings is 2. The van der Waals surface area contributed by atoms with E-state index >= 15 is 0 Å². The highest BCUT2D eigenvalue weighted by Gasteiger charge is 2.48. The van der Waals surface area contributed by atoms with Gasteiger partial charge in [0.25, 0.3) is 0 Å². The molecule has 1 aromatic heterocycles. The number of unbranched alkanes of at least 4 members (excludes halogenated alkanes) is 2. The number of fused-ring (bicyclic) bond motifs is 3. The number of pyridine rings is 1. The molecule has 1 aliphatic rings. The van der Waals surface area contributed by atoms with Crippen LogP contribution in [0.15, 0.2) is 60.8 Å². The molecule has 0 amide bonds. The Balaban J connectivity index is 1.86. The summed E-state index contributed by atoms with van der Waals surface area (Å²) in [6.45, 7) is 11.6. The fourth-order valence-electron chi connectivity index (χ4n) is 6.16. The third kappa shape index (κ3) is 3.81. The molecular weight excluding hydrogens is 386 g/mol. The molecule has 32 heavy (non-hydrogen) atoms. The van der Waals surface area contributed by atoms with Gasteiger partial charge in [0.1, 0.15) is 0 Å². The van der Waals surface area contributed by atoms with Crippen molar-refractivity contribution in [3.8, 4) is 22.4 Å². The Morgan fingerprint density at radius 3 is 2.38 bits per heavy atom. The van der Waals surface area contributed by atoms with Gasteiger partial charge < -0.3 is 0 Å². The van der Waals surface area contributed by atoms with Crippen LogP contribution >= 0.6 is 0 Å². The van der Waals surface area contributed by atoms with Crippen molar-refractivity contribution in [3.05, 3.63) is 77.5 Å². The molecule has 1 nitrogen and oxygen atoms in total. The summed E-state index contributed by atoms with van der Waals surface area (Å²) in [5.74, 6) is 0. The fourth-order valence-corrected chi connectivity index (χ4v) is 6.16. The topological polar surface area (TPSA) is 3.88 Å². The molecule has 2 heterocycles. The van der Waals surface area contributed by atoms with Gasteiger partial charge in [-0.15, -0.1) is 0 Å². The van der Waals surface area contributed by atoms with Crippen molar-refractivity contribution in [2.45, 2.75) is 91.0 Å². The Bertz CT molecular complexity index is 1070. The van der Waals surface area contributed by atoms with Gasteiger partial charge in [-0.3, -0.25) is 0 Å². The minimum absolute atomic E-state index is 0.193. The number of hydrogen-bond acceptors (Lipinski definition) is 0. The van der Waals surface area contributed by atoms with Gasteiger partial charge in [-0.25, -0.2) is 0 Å². The van der Waals surface area contributed by atoms with Crippen LogP contribution in [-0.4, -0.2) is 0 Å². The van der Waals surface area contributed by atoms with Crippen LogP contribution in [0.2, 0.25) is 0 Å². The van der Waals surface area contributed by atoms with Gasteiger partial charge in [-0.1, -0.05) is 70.9 Å². The lowest BCUT2D eigenvalue weighted by molar-refractivity contribution is -0.725. The smallest absolute Gasteiger partial charge is 0.195 e. The van der Waals surface area contributed by atoms with Crippen LogP contribution in [0.25, 0.3) is 22.4 Å².